The van der Waals surface area contributed by atoms with Crippen LogP contribution in [0.3, 0.4) is 0 Å². The fraction of sp³-hybridized carbons (Fsp3) is 0.333. The summed E-state index contributed by atoms with van der Waals surface area (Å²) in [5.74, 6) is 0.925. The van der Waals surface area contributed by atoms with Crippen molar-refractivity contribution in [2.24, 2.45) is 5.73 Å². The zero-order valence-electron chi connectivity index (χ0n) is 8.82. The van der Waals surface area contributed by atoms with Gasteiger partial charge in [0.2, 0.25) is 0 Å². The average Bonchev–Trinajstić information content (AvgIpc) is 2.61. The summed E-state index contributed by atoms with van der Waals surface area (Å²) >= 11 is 0. The highest BCUT2D eigenvalue weighted by Crippen LogP contribution is 2.32. The van der Waals surface area contributed by atoms with Crippen LogP contribution in [0.2, 0.25) is 0 Å². The average molecular weight is 226 g/mol. The van der Waals surface area contributed by atoms with Crippen molar-refractivity contribution in [3.05, 3.63) is 35.4 Å². The normalized spacial score (nSPS) is 12.8. The second-order valence-electron chi connectivity index (χ2n) is 3.50. The van der Waals surface area contributed by atoms with E-state index in [2.05, 4.69) is 18.2 Å². The summed E-state index contributed by atoms with van der Waals surface area (Å²) in [7, 11) is 1.70. The summed E-state index contributed by atoms with van der Waals surface area (Å²) < 4.78 is 5.21. The van der Waals surface area contributed by atoms with Crippen molar-refractivity contribution in [3.63, 3.8) is 0 Å². The van der Waals surface area contributed by atoms with E-state index in [1.54, 1.807) is 7.11 Å². The molecule has 82 valence electrons. The van der Waals surface area contributed by atoms with Gasteiger partial charge in [0.25, 0.3) is 0 Å². The monoisotopic (exact) mass is 225 g/mol. The van der Waals surface area contributed by atoms with Crippen molar-refractivity contribution in [2.75, 3.05) is 13.7 Å². The molecule has 2 rings (SSSR count). The van der Waals surface area contributed by atoms with E-state index in [0.29, 0.717) is 6.54 Å². The van der Waals surface area contributed by atoms with E-state index < -0.39 is 0 Å². The molecule has 0 saturated heterocycles. The molecule has 0 aliphatic heterocycles. The first-order valence-corrected chi connectivity index (χ1v) is 4.91. The third-order valence-electron chi connectivity index (χ3n) is 2.65. The molecular weight excluding hydrogens is 210 g/mol. The van der Waals surface area contributed by atoms with Crippen LogP contribution in [0.5, 0.6) is 5.75 Å². The molecule has 0 atom stereocenters. The highest BCUT2D eigenvalue weighted by atomic mass is 35.5. The smallest absolute Gasteiger partial charge is 0.119 e. The van der Waals surface area contributed by atoms with E-state index >= 15 is 0 Å². The number of ether oxygens (including phenoxy) is 1. The summed E-state index contributed by atoms with van der Waals surface area (Å²) in [5.41, 5.74) is 9.62. The predicted molar refractivity (Wildman–Crippen MR) is 65.6 cm³/mol. The fourth-order valence-electron chi connectivity index (χ4n) is 1.89. The van der Waals surface area contributed by atoms with Crippen molar-refractivity contribution < 1.29 is 4.74 Å². The Bertz CT molecular complexity index is 374. The molecular formula is C12H16ClNO. The molecule has 0 aromatic heterocycles. The van der Waals surface area contributed by atoms with Crippen LogP contribution in [0.1, 0.15) is 17.5 Å². The van der Waals surface area contributed by atoms with Crippen LogP contribution < -0.4 is 10.5 Å². The van der Waals surface area contributed by atoms with Gasteiger partial charge in [-0.15, -0.1) is 12.4 Å². The van der Waals surface area contributed by atoms with Crippen LogP contribution in [-0.2, 0) is 6.42 Å². The maximum Gasteiger partial charge on any atom is 0.119 e. The number of allylic oxidation sites excluding steroid dienone is 1. The Morgan fingerprint density at radius 2 is 2.20 bits per heavy atom. The first kappa shape index (κ1) is 12.1. The molecule has 2 N–H and O–H groups in total. The summed E-state index contributed by atoms with van der Waals surface area (Å²) in [5, 5.41) is 0. The minimum absolute atomic E-state index is 0. The van der Waals surface area contributed by atoms with Gasteiger partial charge in [-0.25, -0.2) is 0 Å². The Morgan fingerprint density at radius 1 is 1.40 bits per heavy atom. The van der Waals surface area contributed by atoms with Gasteiger partial charge in [-0.1, -0.05) is 12.1 Å². The van der Waals surface area contributed by atoms with Gasteiger partial charge in [0, 0.05) is 0 Å². The molecule has 0 heterocycles. The summed E-state index contributed by atoms with van der Waals surface area (Å²) in [6, 6.07) is 6.25. The molecule has 1 aliphatic rings. The first-order chi connectivity index (χ1) is 6.85. The number of rotatable bonds is 3. The zero-order valence-corrected chi connectivity index (χ0v) is 9.64. The quantitative estimate of drug-likeness (QED) is 0.858. The van der Waals surface area contributed by atoms with Crippen molar-refractivity contribution in [1.29, 1.82) is 0 Å². The van der Waals surface area contributed by atoms with E-state index in [0.717, 1.165) is 18.6 Å². The fourth-order valence-corrected chi connectivity index (χ4v) is 1.89. The molecule has 0 spiro atoms. The van der Waals surface area contributed by atoms with Crippen molar-refractivity contribution in [3.8, 4) is 5.75 Å². The van der Waals surface area contributed by atoms with Gasteiger partial charge in [0.15, 0.2) is 0 Å². The van der Waals surface area contributed by atoms with Crippen LogP contribution in [0, 0.1) is 0 Å². The van der Waals surface area contributed by atoms with E-state index in [4.69, 9.17) is 10.5 Å². The standard InChI is InChI=1S/C12H15NO.ClH/c1-14-11-5-4-9-2-3-10(6-7-13)12(9)8-11;/h3-5,8H,2,6-7,13H2,1H3;1H. The first-order valence-electron chi connectivity index (χ1n) is 4.91. The summed E-state index contributed by atoms with van der Waals surface area (Å²) in [6.07, 6.45) is 4.26. The van der Waals surface area contributed by atoms with E-state index in [9.17, 15) is 0 Å². The Balaban J connectivity index is 0.00000112. The van der Waals surface area contributed by atoms with Crippen LogP contribution in [0.15, 0.2) is 24.3 Å². The van der Waals surface area contributed by atoms with Gasteiger partial charge in [-0.3, -0.25) is 0 Å². The van der Waals surface area contributed by atoms with Gasteiger partial charge in [0.05, 0.1) is 7.11 Å². The van der Waals surface area contributed by atoms with E-state index in [-0.39, 0.29) is 12.4 Å². The Labute approximate surface area is 96.5 Å². The van der Waals surface area contributed by atoms with Crippen LogP contribution >= 0.6 is 12.4 Å². The minimum atomic E-state index is 0. The van der Waals surface area contributed by atoms with Gasteiger partial charge < -0.3 is 10.5 Å². The summed E-state index contributed by atoms with van der Waals surface area (Å²) in [6.45, 7) is 0.711. The molecule has 3 heteroatoms. The minimum Gasteiger partial charge on any atom is -0.497 e. The number of nitrogens with two attached hydrogens (primary N) is 1. The molecule has 2 nitrogen and oxygen atoms in total. The summed E-state index contributed by atoms with van der Waals surface area (Å²) in [4.78, 5) is 0. The van der Waals surface area contributed by atoms with E-state index in [1.165, 1.54) is 16.7 Å². The Morgan fingerprint density at radius 3 is 2.87 bits per heavy atom. The zero-order chi connectivity index (χ0) is 9.97. The molecule has 1 aromatic rings. The maximum atomic E-state index is 5.56. The molecule has 0 fully saturated rings. The molecule has 0 saturated carbocycles. The Kier molecular flexibility index (Phi) is 4.18. The second kappa shape index (κ2) is 5.19. The van der Waals surface area contributed by atoms with Crippen molar-refractivity contribution in [1.82, 2.24) is 0 Å². The van der Waals surface area contributed by atoms with Crippen LogP contribution in [0.25, 0.3) is 5.57 Å². The molecule has 15 heavy (non-hydrogen) atoms. The van der Waals surface area contributed by atoms with Crippen LogP contribution in [-0.4, -0.2) is 13.7 Å². The second-order valence-corrected chi connectivity index (χ2v) is 3.50. The predicted octanol–water partition coefficient (Wildman–Crippen LogP) is 2.41. The van der Waals surface area contributed by atoms with Crippen molar-refractivity contribution in [2.45, 2.75) is 12.8 Å². The number of halogens is 1. The number of methoxy groups -OCH3 is 1. The highest BCUT2D eigenvalue weighted by molar-refractivity contribution is 5.85. The number of fused-ring (bicyclic) bond motifs is 1. The lowest BCUT2D eigenvalue weighted by molar-refractivity contribution is 0.414. The molecule has 0 amide bonds. The van der Waals surface area contributed by atoms with Gasteiger partial charge >= 0.3 is 0 Å². The number of benzene rings is 1. The topological polar surface area (TPSA) is 35.2 Å². The molecule has 1 aliphatic carbocycles. The largest absolute Gasteiger partial charge is 0.497 e. The van der Waals surface area contributed by atoms with Gasteiger partial charge in [0.1, 0.15) is 5.75 Å². The molecule has 0 bridgehead atoms. The van der Waals surface area contributed by atoms with Crippen molar-refractivity contribution >= 4 is 18.0 Å². The lowest BCUT2D eigenvalue weighted by atomic mass is 10.0. The molecule has 0 unspecified atom stereocenters. The number of hydrogen-bond donors (Lipinski definition) is 1. The lowest BCUT2D eigenvalue weighted by Crippen LogP contribution is -1.99. The SMILES string of the molecule is COc1ccc2c(c1)C(CCN)=CC2.Cl. The highest BCUT2D eigenvalue weighted by Gasteiger charge is 2.13. The number of hydrogen-bond acceptors (Lipinski definition) is 2. The maximum absolute atomic E-state index is 5.56. The van der Waals surface area contributed by atoms with Gasteiger partial charge in [-0.05, 0) is 48.2 Å². The third-order valence-corrected chi connectivity index (χ3v) is 2.65. The van der Waals surface area contributed by atoms with E-state index in [1.807, 2.05) is 6.07 Å². The molecule has 0 radical (unpaired) electrons. The lowest BCUT2D eigenvalue weighted by Gasteiger charge is -2.06. The van der Waals surface area contributed by atoms with Crippen LogP contribution in [0.4, 0.5) is 0 Å². The molecule has 1 aromatic carbocycles. The third kappa shape index (κ3) is 2.33. The Hall–Kier alpha value is -0.990. The van der Waals surface area contributed by atoms with Gasteiger partial charge in [-0.2, -0.15) is 0 Å².